The Bertz CT molecular complexity index is 930. The highest BCUT2D eigenvalue weighted by atomic mass is 16.7. The second kappa shape index (κ2) is 10.9. The summed E-state index contributed by atoms with van der Waals surface area (Å²) in [5.41, 5.74) is 1.08. The van der Waals surface area contributed by atoms with Crippen molar-refractivity contribution < 1.29 is 33.3 Å². The van der Waals surface area contributed by atoms with Crippen molar-refractivity contribution in [3.05, 3.63) is 35.4 Å². The monoisotopic (exact) mass is 502 g/mol. The van der Waals surface area contributed by atoms with Crippen LogP contribution >= 0.6 is 0 Å². The third-order valence-corrected chi connectivity index (χ3v) is 9.72. The van der Waals surface area contributed by atoms with Gasteiger partial charge in [0.05, 0.1) is 11.7 Å². The van der Waals surface area contributed by atoms with E-state index in [2.05, 4.69) is 20.8 Å². The highest BCUT2D eigenvalue weighted by Gasteiger charge is 2.67. The predicted octanol–water partition coefficient (Wildman–Crippen LogP) is 4.94. The van der Waals surface area contributed by atoms with E-state index in [9.17, 15) is 9.59 Å². The minimum absolute atomic E-state index is 0.0294. The molecule has 4 rings (SSSR count). The molecule has 1 aromatic rings. The van der Waals surface area contributed by atoms with E-state index in [0.29, 0.717) is 5.56 Å². The number of carbonyl (C=O) groups excluding carboxylic acids is 2. The Morgan fingerprint density at radius 2 is 1.64 bits per heavy atom. The molecule has 200 valence electrons. The van der Waals surface area contributed by atoms with Gasteiger partial charge in [-0.15, -0.1) is 0 Å². The van der Waals surface area contributed by atoms with Gasteiger partial charge in [-0.2, -0.15) is 0 Å². The average Bonchev–Trinajstić information content (AvgIpc) is 3.24. The summed E-state index contributed by atoms with van der Waals surface area (Å²) in [5, 5.41) is 0. The standard InChI is InChI=1S/C29H42O7/c1-18-7-9-21(10-8-18)27(31)36-23-12-14-29-13-11-19(2)28(4,26(23)29)24(34-16-32-5)15-22(30)25(20(29)3)35-17-33-6/h7-10,19-20,23-26H,11-17H2,1-6H3/t19-,20+,23+,24-,25+,26+,28+,29+/m1/s1. The number of Topliss-reactive ketones (excluding diaryl/α,β-unsaturated/α-hetero) is 1. The van der Waals surface area contributed by atoms with Gasteiger partial charge in [0, 0.05) is 32.0 Å². The maximum atomic E-state index is 13.6. The third-order valence-electron chi connectivity index (χ3n) is 9.72. The van der Waals surface area contributed by atoms with Gasteiger partial charge in [0.1, 0.15) is 25.8 Å². The van der Waals surface area contributed by atoms with Crippen molar-refractivity contribution in [2.45, 2.75) is 78.1 Å². The Morgan fingerprint density at radius 3 is 2.31 bits per heavy atom. The molecule has 0 aromatic heterocycles. The van der Waals surface area contributed by atoms with Crippen LogP contribution in [0.5, 0.6) is 0 Å². The summed E-state index contributed by atoms with van der Waals surface area (Å²) < 4.78 is 29.1. The second-order valence-corrected chi connectivity index (χ2v) is 11.4. The first-order valence-corrected chi connectivity index (χ1v) is 13.2. The molecule has 8 atom stereocenters. The van der Waals surface area contributed by atoms with Crippen molar-refractivity contribution in [2.24, 2.45) is 28.6 Å². The number of aryl methyl sites for hydroxylation is 1. The van der Waals surface area contributed by atoms with Gasteiger partial charge < -0.3 is 23.7 Å². The summed E-state index contributed by atoms with van der Waals surface area (Å²) in [5.74, 6) is 0.0235. The topological polar surface area (TPSA) is 80.3 Å². The van der Waals surface area contributed by atoms with Crippen LogP contribution in [0, 0.1) is 35.5 Å². The maximum absolute atomic E-state index is 13.6. The predicted molar refractivity (Wildman–Crippen MR) is 134 cm³/mol. The highest BCUT2D eigenvalue weighted by molar-refractivity contribution is 5.89. The number of hydrogen-bond donors (Lipinski definition) is 0. The molecule has 0 heterocycles. The van der Waals surface area contributed by atoms with E-state index >= 15 is 0 Å². The van der Waals surface area contributed by atoms with Crippen molar-refractivity contribution in [3.63, 3.8) is 0 Å². The van der Waals surface area contributed by atoms with Crippen LogP contribution in [0.15, 0.2) is 24.3 Å². The number of hydrogen-bond acceptors (Lipinski definition) is 7. The highest BCUT2D eigenvalue weighted by Crippen LogP contribution is 2.68. The quantitative estimate of drug-likeness (QED) is 0.368. The molecule has 0 saturated heterocycles. The lowest BCUT2D eigenvalue weighted by Crippen LogP contribution is -2.62. The Morgan fingerprint density at radius 1 is 1.00 bits per heavy atom. The van der Waals surface area contributed by atoms with Crippen molar-refractivity contribution in [2.75, 3.05) is 27.8 Å². The van der Waals surface area contributed by atoms with Crippen LogP contribution in [-0.2, 0) is 28.5 Å². The number of methoxy groups -OCH3 is 2. The van der Waals surface area contributed by atoms with Crippen LogP contribution < -0.4 is 0 Å². The van der Waals surface area contributed by atoms with Crippen LogP contribution in [0.1, 0.15) is 68.8 Å². The van der Waals surface area contributed by atoms with Gasteiger partial charge in [-0.25, -0.2) is 4.79 Å². The zero-order valence-corrected chi connectivity index (χ0v) is 22.6. The number of ether oxygens (including phenoxy) is 5. The fraction of sp³-hybridized carbons (Fsp3) is 0.724. The number of carbonyl (C=O) groups is 2. The summed E-state index contributed by atoms with van der Waals surface area (Å²) in [7, 11) is 3.16. The average molecular weight is 503 g/mol. The molecule has 0 radical (unpaired) electrons. The van der Waals surface area contributed by atoms with Gasteiger partial charge in [-0.3, -0.25) is 4.79 Å². The SMILES string of the molecule is COCO[C@@H]1C(=O)C[C@@H](OCOC)[C@]2(C)[C@H](C)CC[C@]3(CC[C@H](OC(=O)c4ccc(C)cc4)[C@H]32)[C@H]1C. The molecule has 3 aliphatic rings. The first-order valence-electron chi connectivity index (χ1n) is 13.2. The van der Waals surface area contributed by atoms with Crippen LogP contribution in [0.25, 0.3) is 0 Å². The first kappa shape index (κ1) is 27.2. The van der Waals surface area contributed by atoms with Gasteiger partial charge in [0.25, 0.3) is 0 Å². The largest absolute Gasteiger partial charge is 0.458 e. The maximum Gasteiger partial charge on any atom is 0.338 e. The van der Waals surface area contributed by atoms with Crippen molar-refractivity contribution in [1.82, 2.24) is 0 Å². The van der Waals surface area contributed by atoms with Crippen molar-refractivity contribution >= 4 is 11.8 Å². The van der Waals surface area contributed by atoms with Crippen LogP contribution in [0.2, 0.25) is 0 Å². The Kier molecular flexibility index (Phi) is 8.25. The smallest absolute Gasteiger partial charge is 0.338 e. The van der Waals surface area contributed by atoms with E-state index in [1.807, 2.05) is 31.2 Å². The van der Waals surface area contributed by atoms with Gasteiger partial charge in [0.2, 0.25) is 0 Å². The number of rotatable bonds is 8. The van der Waals surface area contributed by atoms with E-state index in [4.69, 9.17) is 23.7 Å². The van der Waals surface area contributed by atoms with Gasteiger partial charge in [0.15, 0.2) is 5.78 Å². The summed E-state index contributed by atoms with van der Waals surface area (Å²) in [6, 6.07) is 7.51. The zero-order valence-electron chi connectivity index (χ0n) is 22.6. The lowest BCUT2D eigenvalue weighted by Gasteiger charge is -2.61. The fourth-order valence-electron chi connectivity index (χ4n) is 7.65. The van der Waals surface area contributed by atoms with Gasteiger partial charge in [-0.05, 0) is 62.0 Å². The molecule has 3 aliphatic carbocycles. The van der Waals surface area contributed by atoms with Crippen LogP contribution in [-0.4, -0.2) is 57.9 Å². The minimum atomic E-state index is -0.592. The molecule has 0 unspecified atom stereocenters. The molecule has 0 N–H and O–H groups in total. The molecule has 7 heteroatoms. The minimum Gasteiger partial charge on any atom is -0.458 e. The Hall–Kier alpha value is -1.80. The number of benzene rings is 1. The van der Waals surface area contributed by atoms with Crippen LogP contribution in [0.4, 0.5) is 0 Å². The van der Waals surface area contributed by atoms with E-state index in [1.54, 1.807) is 14.2 Å². The lowest BCUT2D eigenvalue weighted by molar-refractivity contribution is -0.223. The van der Waals surface area contributed by atoms with Crippen molar-refractivity contribution in [3.8, 4) is 0 Å². The van der Waals surface area contributed by atoms with E-state index in [-0.39, 0.29) is 72.6 Å². The first-order chi connectivity index (χ1) is 17.2. The Labute approximate surface area is 215 Å². The molecule has 7 nitrogen and oxygen atoms in total. The Balaban J connectivity index is 1.75. The second-order valence-electron chi connectivity index (χ2n) is 11.4. The molecule has 36 heavy (non-hydrogen) atoms. The molecular formula is C29H42O7. The summed E-state index contributed by atoms with van der Waals surface area (Å²) in [4.78, 5) is 26.9. The fourth-order valence-corrected chi connectivity index (χ4v) is 7.65. The summed E-state index contributed by atoms with van der Waals surface area (Å²) in [6.07, 6.45) is 2.63. The molecule has 0 aliphatic heterocycles. The van der Waals surface area contributed by atoms with E-state index < -0.39 is 6.10 Å². The molecule has 2 bridgehead atoms. The van der Waals surface area contributed by atoms with Gasteiger partial charge in [-0.1, -0.05) is 38.5 Å². The molecule has 0 amide bonds. The summed E-state index contributed by atoms with van der Waals surface area (Å²) in [6.45, 7) is 8.79. The van der Waals surface area contributed by atoms with Gasteiger partial charge >= 0.3 is 5.97 Å². The molecular weight excluding hydrogens is 460 g/mol. The summed E-state index contributed by atoms with van der Waals surface area (Å²) >= 11 is 0. The zero-order chi connectivity index (χ0) is 26.1. The molecule has 0 spiro atoms. The number of ketones is 1. The normalized spacial score (nSPS) is 38.2. The van der Waals surface area contributed by atoms with Crippen LogP contribution in [0.3, 0.4) is 0 Å². The molecule has 1 aromatic carbocycles. The number of esters is 1. The lowest BCUT2D eigenvalue weighted by atomic mass is 9.45. The van der Waals surface area contributed by atoms with E-state index in [0.717, 1.165) is 31.2 Å². The van der Waals surface area contributed by atoms with E-state index in [1.165, 1.54) is 0 Å². The molecule has 3 saturated carbocycles. The third kappa shape index (κ3) is 4.64. The van der Waals surface area contributed by atoms with Crippen molar-refractivity contribution in [1.29, 1.82) is 0 Å². The molecule has 3 fully saturated rings.